The lowest BCUT2D eigenvalue weighted by Crippen LogP contribution is -2.18. The molecule has 23 heavy (non-hydrogen) atoms. The van der Waals surface area contributed by atoms with Crippen molar-refractivity contribution in [2.75, 3.05) is 0 Å². The summed E-state index contributed by atoms with van der Waals surface area (Å²) in [5.74, 6) is 0.718. The number of aromatic hydroxyl groups is 1. The highest BCUT2D eigenvalue weighted by atomic mass is 127. The van der Waals surface area contributed by atoms with Crippen molar-refractivity contribution in [3.05, 3.63) is 29.3 Å². The molecule has 0 amide bonds. The number of rotatable bonds is 7. The van der Waals surface area contributed by atoms with Gasteiger partial charge in [-0.3, -0.25) is 0 Å². The van der Waals surface area contributed by atoms with Gasteiger partial charge in [0, 0.05) is 3.42 Å². The minimum Gasteiger partial charge on any atom is -0.508 e. The van der Waals surface area contributed by atoms with Gasteiger partial charge in [-0.15, -0.1) is 0 Å². The second-order valence-corrected chi connectivity index (χ2v) is 9.68. The second-order valence-electron chi connectivity index (χ2n) is 7.30. The van der Waals surface area contributed by atoms with Crippen molar-refractivity contribution >= 4 is 22.6 Å². The molecule has 2 nitrogen and oxygen atoms in total. The maximum Gasteiger partial charge on any atom is 0.119 e. The molecule has 1 saturated carbocycles. The van der Waals surface area contributed by atoms with Crippen LogP contribution in [-0.4, -0.2) is 16.3 Å². The van der Waals surface area contributed by atoms with Gasteiger partial charge in [-0.1, -0.05) is 73.8 Å². The van der Waals surface area contributed by atoms with Crippen LogP contribution < -0.4 is 0 Å². The average molecular weight is 430 g/mol. The molecule has 1 aromatic rings. The Labute approximate surface area is 154 Å². The Bertz CT molecular complexity index is 498. The van der Waals surface area contributed by atoms with Crippen molar-refractivity contribution in [1.82, 2.24) is 0 Å². The summed E-state index contributed by atoms with van der Waals surface area (Å²) in [6.07, 6.45) is 9.85. The highest BCUT2D eigenvalue weighted by molar-refractivity contribution is 14.1. The van der Waals surface area contributed by atoms with Crippen LogP contribution in [0.15, 0.2) is 18.2 Å². The summed E-state index contributed by atoms with van der Waals surface area (Å²) in [6.45, 7) is 4.50. The number of unbranched alkanes of at least 4 members (excludes halogenated alkanes) is 3. The Morgan fingerprint density at radius 3 is 2.65 bits per heavy atom. The van der Waals surface area contributed by atoms with Gasteiger partial charge in [0.2, 0.25) is 0 Å². The predicted molar refractivity (Wildman–Crippen MR) is 105 cm³/mol. The molecule has 0 aromatic heterocycles. The molecule has 0 bridgehead atoms. The van der Waals surface area contributed by atoms with Crippen LogP contribution in [0.1, 0.15) is 88.7 Å². The molecule has 130 valence electrons. The van der Waals surface area contributed by atoms with Gasteiger partial charge in [0.05, 0.1) is 6.10 Å². The lowest BCUT2D eigenvalue weighted by Gasteiger charge is -2.28. The van der Waals surface area contributed by atoms with Gasteiger partial charge in [0.15, 0.2) is 0 Å². The van der Waals surface area contributed by atoms with E-state index in [-0.39, 0.29) is 9.53 Å². The predicted octanol–water partition coefficient (Wildman–Crippen LogP) is 6.03. The van der Waals surface area contributed by atoms with Crippen LogP contribution in [0.25, 0.3) is 0 Å². The number of phenols is 1. The zero-order chi connectivity index (χ0) is 16.9. The molecule has 1 aliphatic carbocycles. The maximum atomic E-state index is 10.5. The Hall–Kier alpha value is -0.290. The number of alkyl halides is 1. The first-order valence-corrected chi connectivity index (χ1v) is 10.2. The third-order valence-corrected chi connectivity index (χ3v) is 6.38. The van der Waals surface area contributed by atoms with Gasteiger partial charge in [-0.05, 0) is 55.7 Å². The minimum atomic E-state index is -0.207. The van der Waals surface area contributed by atoms with Crippen molar-refractivity contribution in [3.63, 3.8) is 0 Å². The van der Waals surface area contributed by atoms with Gasteiger partial charge < -0.3 is 10.2 Å². The number of benzene rings is 1. The molecule has 2 unspecified atom stereocenters. The van der Waals surface area contributed by atoms with Gasteiger partial charge >= 0.3 is 0 Å². The Morgan fingerprint density at radius 2 is 2.00 bits per heavy atom. The van der Waals surface area contributed by atoms with Crippen LogP contribution in [0.3, 0.4) is 0 Å². The number of aliphatic hydroxyl groups is 1. The third kappa shape index (κ3) is 5.35. The third-order valence-electron chi connectivity index (χ3n) is 5.22. The van der Waals surface area contributed by atoms with Gasteiger partial charge in [-0.25, -0.2) is 0 Å². The fourth-order valence-electron chi connectivity index (χ4n) is 3.69. The van der Waals surface area contributed by atoms with E-state index in [1.807, 2.05) is 6.07 Å². The molecule has 0 heterocycles. The van der Waals surface area contributed by atoms with Crippen molar-refractivity contribution in [2.45, 2.75) is 87.1 Å². The van der Waals surface area contributed by atoms with Crippen molar-refractivity contribution in [3.8, 4) is 5.75 Å². The summed E-state index contributed by atoms with van der Waals surface area (Å²) in [5, 5.41) is 20.4. The summed E-state index contributed by atoms with van der Waals surface area (Å²) < 4.78 is 0.0770. The fraction of sp³-hybridized carbons (Fsp3) is 0.700. The number of hydrogen-bond acceptors (Lipinski definition) is 2. The normalized spacial score (nSPS) is 24.3. The molecular formula is C20H31IO2. The Kier molecular flexibility index (Phi) is 7.20. The second kappa shape index (κ2) is 8.70. The van der Waals surface area contributed by atoms with E-state index in [1.165, 1.54) is 31.2 Å². The monoisotopic (exact) mass is 430 g/mol. The van der Waals surface area contributed by atoms with Crippen LogP contribution in [-0.2, 0) is 3.42 Å². The Morgan fingerprint density at radius 1 is 1.22 bits per heavy atom. The number of hydrogen-bond donors (Lipinski definition) is 2. The molecule has 3 heteroatoms. The smallest absolute Gasteiger partial charge is 0.119 e. The van der Waals surface area contributed by atoms with E-state index in [9.17, 15) is 10.2 Å². The van der Waals surface area contributed by atoms with Crippen molar-refractivity contribution in [2.24, 2.45) is 0 Å². The van der Waals surface area contributed by atoms with E-state index in [4.69, 9.17) is 0 Å². The zero-order valence-corrected chi connectivity index (χ0v) is 16.7. The largest absolute Gasteiger partial charge is 0.508 e. The van der Waals surface area contributed by atoms with Crippen LogP contribution >= 0.6 is 22.6 Å². The lowest BCUT2D eigenvalue weighted by atomic mass is 9.81. The van der Waals surface area contributed by atoms with Crippen LogP contribution in [0, 0.1) is 0 Å². The zero-order valence-electron chi connectivity index (χ0n) is 14.5. The molecule has 0 spiro atoms. The molecule has 1 aromatic carbocycles. The molecule has 3 atom stereocenters. The summed E-state index contributed by atoms with van der Waals surface area (Å²) in [7, 11) is 0. The molecule has 2 rings (SSSR count). The molecule has 0 saturated heterocycles. The quantitative estimate of drug-likeness (QED) is 0.315. The van der Waals surface area contributed by atoms with Crippen LogP contribution in [0.5, 0.6) is 5.75 Å². The highest BCUT2D eigenvalue weighted by Crippen LogP contribution is 2.42. The SMILES string of the molecule is CCCCCCC(C)(I)c1ccc(C2CCC[C@@H](O)C2)c(O)c1. The first-order chi connectivity index (χ1) is 10.9. The highest BCUT2D eigenvalue weighted by Gasteiger charge is 2.27. The number of halogens is 1. The Balaban J connectivity index is 2.05. The van der Waals surface area contributed by atoms with Crippen LogP contribution in [0.2, 0.25) is 0 Å². The van der Waals surface area contributed by atoms with E-state index in [0.29, 0.717) is 11.7 Å². The number of phenolic OH excluding ortho intramolecular Hbond substituents is 1. The topological polar surface area (TPSA) is 40.5 Å². The summed E-state index contributed by atoms with van der Waals surface area (Å²) in [4.78, 5) is 0. The van der Waals surface area contributed by atoms with E-state index in [2.05, 4.69) is 48.6 Å². The standard InChI is InChI=1S/C20H31IO2/c1-3-4-5-6-12-20(2,21)16-10-11-18(19(23)14-16)15-8-7-9-17(22)13-15/h10-11,14-15,17,22-23H,3-9,12-13H2,1-2H3/t15?,17-,20?/m1/s1. The van der Waals surface area contributed by atoms with E-state index in [0.717, 1.165) is 37.7 Å². The molecule has 1 fully saturated rings. The summed E-state index contributed by atoms with van der Waals surface area (Å²) in [6, 6.07) is 6.24. The van der Waals surface area contributed by atoms with Gasteiger partial charge in [-0.2, -0.15) is 0 Å². The van der Waals surface area contributed by atoms with E-state index >= 15 is 0 Å². The average Bonchev–Trinajstić information content (AvgIpc) is 2.51. The molecular weight excluding hydrogens is 399 g/mol. The van der Waals surface area contributed by atoms with Crippen molar-refractivity contribution < 1.29 is 10.2 Å². The van der Waals surface area contributed by atoms with E-state index < -0.39 is 0 Å². The van der Waals surface area contributed by atoms with Gasteiger partial charge in [0.25, 0.3) is 0 Å². The first kappa shape index (κ1) is 19.0. The van der Waals surface area contributed by atoms with Crippen LogP contribution in [0.4, 0.5) is 0 Å². The van der Waals surface area contributed by atoms with E-state index in [1.54, 1.807) is 0 Å². The molecule has 1 aliphatic rings. The number of aliphatic hydroxyl groups excluding tert-OH is 1. The molecule has 2 N–H and O–H groups in total. The maximum absolute atomic E-state index is 10.5. The van der Waals surface area contributed by atoms with Gasteiger partial charge in [0.1, 0.15) is 5.75 Å². The summed E-state index contributed by atoms with van der Waals surface area (Å²) >= 11 is 2.53. The fourth-order valence-corrected chi connectivity index (χ4v) is 4.40. The molecule has 0 aliphatic heterocycles. The lowest BCUT2D eigenvalue weighted by molar-refractivity contribution is 0.119. The summed E-state index contributed by atoms with van der Waals surface area (Å²) in [5.41, 5.74) is 2.23. The molecule has 0 radical (unpaired) electrons. The minimum absolute atomic E-state index is 0.0770. The van der Waals surface area contributed by atoms with Crippen molar-refractivity contribution in [1.29, 1.82) is 0 Å². The first-order valence-electron chi connectivity index (χ1n) is 9.14.